The number of rotatable bonds is 2. The van der Waals surface area contributed by atoms with Crippen LogP contribution in [0.4, 0.5) is 8.78 Å². The van der Waals surface area contributed by atoms with Gasteiger partial charge in [0.2, 0.25) is 0 Å². The van der Waals surface area contributed by atoms with Gasteiger partial charge < -0.3 is 5.32 Å². The molecular formula is C12H17ClF2N2. The fraction of sp³-hybridized carbons (Fsp3) is 0.500. The van der Waals surface area contributed by atoms with Crippen molar-refractivity contribution in [3.05, 3.63) is 35.4 Å². The van der Waals surface area contributed by atoms with Crippen molar-refractivity contribution >= 4 is 12.4 Å². The van der Waals surface area contributed by atoms with Crippen LogP contribution in [0.25, 0.3) is 0 Å². The zero-order chi connectivity index (χ0) is 11.4. The first kappa shape index (κ1) is 14.4. The minimum Gasteiger partial charge on any atom is -0.315 e. The molecule has 0 saturated carbocycles. The summed E-state index contributed by atoms with van der Waals surface area (Å²) in [6.45, 7) is 4.23. The second-order valence-corrected chi connectivity index (χ2v) is 4.09. The highest BCUT2D eigenvalue weighted by molar-refractivity contribution is 5.85. The van der Waals surface area contributed by atoms with Crippen LogP contribution in [-0.4, -0.2) is 31.1 Å². The number of benzene rings is 1. The van der Waals surface area contributed by atoms with Gasteiger partial charge >= 0.3 is 0 Å². The lowest BCUT2D eigenvalue weighted by Crippen LogP contribution is -2.28. The van der Waals surface area contributed by atoms with Gasteiger partial charge in [-0.25, -0.2) is 8.78 Å². The van der Waals surface area contributed by atoms with E-state index in [4.69, 9.17) is 0 Å². The van der Waals surface area contributed by atoms with Gasteiger partial charge in [-0.05, 0) is 25.6 Å². The van der Waals surface area contributed by atoms with Crippen molar-refractivity contribution < 1.29 is 8.78 Å². The van der Waals surface area contributed by atoms with E-state index >= 15 is 0 Å². The lowest BCUT2D eigenvalue weighted by Gasteiger charge is -2.19. The number of hydrogen-bond acceptors (Lipinski definition) is 2. The van der Waals surface area contributed by atoms with Gasteiger partial charge in [-0.2, -0.15) is 0 Å². The smallest absolute Gasteiger partial charge is 0.163 e. The molecular weight excluding hydrogens is 246 g/mol. The van der Waals surface area contributed by atoms with Gasteiger partial charge in [0, 0.05) is 25.2 Å². The van der Waals surface area contributed by atoms with E-state index in [0.717, 1.165) is 38.7 Å². The summed E-state index contributed by atoms with van der Waals surface area (Å²) < 4.78 is 26.4. The number of hydrogen-bond donors (Lipinski definition) is 1. The molecule has 5 heteroatoms. The molecule has 1 aliphatic rings. The average molecular weight is 263 g/mol. The Bertz CT molecular complexity index is 352. The largest absolute Gasteiger partial charge is 0.315 e. The molecule has 0 unspecified atom stereocenters. The van der Waals surface area contributed by atoms with Crippen molar-refractivity contribution in [3.8, 4) is 0 Å². The van der Waals surface area contributed by atoms with Crippen molar-refractivity contribution in [2.45, 2.75) is 13.0 Å². The highest BCUT2D eigenvalue weighted by atomic mass is 35.5. The molecule has 1 N–H and O–H groups in total. The van der Waals surface area contributed by atoms with E-state index < -0.39 is 11.6 Å². The molecule has 1 fully saturated rings. The molecule has 1 aromatic carbocycles. The maximum atomic E-state index is 13.4. The third-order valence-electron chi connectivity index (χ3n) is 2.86. The SMILES string of the molecule is Cl.Fc1cccc(CN2CCCNCC2)c1F. The molecule has 96 valence electrons. The number of nitrogens with one attached hydrogen (secondary N) is 1. The summed E-state index contributed by atoms with van der Waals surface area (Å²) in [6, 6.07) is 4.36. The van der Waals surface area contributed by atoms with Crippen LogP contribution >= 0.6 is 12.4 Å². The number of halogens is 3. The van der Waals surface area contributed by atoms with Gasteiger partial charge in [-0.3, -0.25) is 4.90 Å². The summed E-state index contributed by atoms with van der Waals surface area (Å²) >= 11 is 0. The fourth-order valence-corrected chi connectivity index (χ4v) is 1.97. The Hall–Kier alpha value is -0.710. The molecule has 1 saturated heterocycles. The Morgan fingerprint density at radius 1 is 1.18 bits per heavy atom. The van der Waals surface area contributed by atoms with Crippen molar-refractivity contribution in [1.29, 1.82) is 0 Å². The molecule has 17 heavy (non-hydrogen) atoms. The molecule has 1 aromatic rings. The summed E-state index contributed by atoms with van der Waals surface area (Å²) in [6.07, 6.45) is 1.05. The van der Waals surface area contributed by atoms with Crippen LogP contribution in [0.2, 0.25) is 0 Å². The van der Waals surface area contributed by atoms with Crippen molar-refractivity contribution in [1.82, 2.24) is 10.2 Å². The quantitative estimate of drug-likeness (QED) is 0.879. The lowest BCUT2D eigenvalue weighted by molar-refractivity contribution is 0.278. The Labute approximate surface area is 106 Å². The average Bonchev–Trinajstić information content (AvgIpc) is 2.53. The minimum atomic E-state index is -0.759. The van der Waals surface area contributed by atoms with Gasteiger partial charge in [0.15, 0.2) is 11.6 Å². The summed E-state index contributed by atoms with van der Waals surface area (Å²) in [7, 11) is 0. The summed E-state index contributed by atoms with van der Waals surface area (Å²) in [5.41, 5.74) is 0.446. The molecule has 0 spiro atoms. The van der Waals surface area contributed by atoms with Crippen molar-refractivity contribution in [2.24, 2.45) is 0 Å². The molecule has 2 nitrogen and oxygen atoms in total. The predicted molar refractivity (Wildman–Crippen MR) is 66.4 cm³/mol. The molecule has 0 amide bonds. The third-order valence-corrected chi connectivity index (χ3v) is 2.86. The van der Waals surface area contributed by atoms with Gasteiger partial charge in [-0.1, -0.05) is 12.1 Å². The normalized spacial score (nSPS) is 17.3. The van der Waals surface area contributed by atoms with Gasteiger partial charge in [-0.15, -0.1) is 12.4 Å². The van der Waals surface area contributed by atoms with Gasteiger partial charge in [0.05, 0.1) is 0 Å². The van der Waals surface area contributed by atoms with E-state index in [2.05, 4.69) is 10.2 Å². The Balaban J connectivity index is 0.00000144. The molecule has 1 heterocycles. The molecule has 1 aliphatic heterocycles. The zero-order valence-corrected chi connectivity index (χ0v) is 10.4. The van der Waals surface area contributed by atoms with Crippen LogP contribution in [0.1, 0.15) is 12.0 Å². The fourth-order valence-electron chi connectivity index (χ4n) is 1.97. The standard InChI is InChI=1S/C12H16F2N2.ClH/c13-11-4-1-3-10(12(11)14)9-16-7-2-5-15-6-8-16;/h1,3-4,15H,2,5-9H2;1H. The lowest BCUT2D eigenvalue weighted by atomic mass is 10.2. The van der Waals surface area contributed by atoms with Crippen LogP contribution in [0.5, 0.6) is 0 Å². The van der Waals surface area contributed by atoms with Crippen molar-refractivity contribution in [2.75, 3.05) is 26.2 Å². The van der Waals surface area contributed by atoms with E-state index in [1.807, 2.05) is 0 Å². The first-order chi connectivity index (χ1) is 7.77. The third kappa shape index (κ3) is 3.91. The predicted octanol–water partition coefficient (Wildman–Crippen LogP) is 2.18. The molecule has 2 rings (SSSR count). The first-order valence-corrected chi connectivity index (χ1v) is 5.63. The van der Waals surface area contributed by atoms with E-state index in [1.54, 1.807) is 12.1 Å². The van der Waals surface area contributed by atoms with E-state index in [1.165, 1.54) is 0 Å². The van der Waals surface area contributed by atoms with Crippen LogP contribution in [0, 0.1) is 11.6 Å². The highest BCUT2D eigenvalue weighted by Crippen LogP contribution is 2.14. The Kier molecular flexibility index (Phi) is 5.82. The van der Waals surface area contributed by atoms with E-state index in [0.29, 0.717) is 12.1 Å². The Morgan fingerprint density at radius 2 is 2.00 bits per heavy atom. The van der Waals surface area contributed by atoms with E-state index in [-0.39, 0.29) is 12.4 Å². The zero-order valence-electron chi connectivity index (χ0n) is 9.59. The van der Waals surface area contributed by atoms with Crippen LogP contribution in [0.3, 0.4) is 0 Å². The van der Waals surface area contributed by atoms with Gasteiger partial charge in [0.25, 0.3) is 0 Å². The second kappa shape index (κ2) is 6.89. The van der Waals surface area contributed by atoms with Crippen LogP contribution in [-0.2, 0) is 6.54 Å². The maximum Gasteiger partial charge on any atom is 0.163 e. The summed E-state index contributed by atoms with van der Waals surface area (Å²) in [4.78, 5) is 2.15. The van der Waals surface area contributed by atoms with Crippen molar-refractivity contribution in [3.63, 3.8) is 0 Å². The Morgan fingerprint density at radius 3 is 2.82 bits per heavy atom. The molecule has 0 aromatic heterocycles. The van der Waals surface area contributed by atoms with E-state index in [9.17, 15) is 8.78 Å². The monoisotopic (exact) mass is 262 g/mol. The number of nitrogens with zero attached hydrogens (tertiary/aromatic N) is 1. The molecule has 0 atom stereocenters. The maximum absolute atomic E-state index is 13.4. The molecule has 0 aliphatic carbocycles. The summed E-state index contributed by atoms with van der Waals surface area (Å²) in [5.74, 6) is -1.47. The molecule has 0 bridgehead atoms. The molecule has 0 radical (unpaired) electrons. The second-order valence-electron chi connectivity index (χ2n) is 4.09. The minimum absolute atomic E-state index is 0. The summed E-state index contributed by atoms with van der Waals surface area (Å²) in [5, 5.41) is 3.28. The van der Waals surface area contributed by atoms with Crippen LogP contribution in [0.15, 0.2) is 18.2 Å². The highest BCUT2D eigenvalue weighted by Gasteiger charge is 2.13. The van der Waals surface area contributed by atoms with Crippen LogP contribution < -0.4 is 5.32 Å². The topological polar surface area (TPSA) is 15.3 Å². The first-order valence-electron chi connectivity index (χ1n) is 5.63. The van der Waals surface area contributed by atoms with Gasteiger partial charge in [0.1, 0.15) is 0 Å².